The zero-order chi connectivity index (χ0) is 20.7. The Bertz CT molecular complexity index is 449. The highest BCUT2D eigenvalue weighted by Gasteiger charge is 2.27. The van der Waals surface area contributed by atoms with Crippen LogP contribution in [-0.2, 0) is 14.4 Å². The first-order valence-corrected chi connectivity index (χ1v) is 9.56. The first-order valence-electron chi connectivity index (χ1n) is 9.56. The van der Waals surface area contributed by atoms with Gasteiger partial charge >= 0.3 is 5.97 Å². The second-order valence-electron chi connectivity index (χ2n) is 6.57. The zero-order valence-corrected chi connectivity index (χ0v) is 16.0. The number of carbonyl (C=O) groups excluding carboxylic acids is 2. The van der Waals surface area contributed by atoms with E-state index in [1.165, 1.54) is 0 Å². The van der Waals surface area contributed by atoms with Crippen LogP contribution in [0.4, 0.5) is 0 Å². The molecule has 0 aromatic carbocycles. The van der Waals surface area contributed by atoms with Gasteiger partial charge in [-0.15, -0.1) is 0 Å². The molecular formula is C17H36N6O4. The van der Waals surface area contributed by atoms with Crippen molar-refractivity contribution in [1.29, 1.82) is 0 Å². The Morgan fingerprint density at radius 2 is 1.19 bits per heavy atom. The number of nitrogens with one attached hydrogen (secondary N) is 2. The highest BCUT2D eigenvalue weighted by molar-refractivity contribution is 5.91. The first kappa shape index (κ1) is 25.2. The number of hydrogen-bond acceptors (Lipinski definition) is 7. The molecule has 0 bridgehead atoms. The smallest absolute Gasteiger partial charge is 0.326 e. The summed E-state index contributed by atoms with van der Waals surface area (Å²) in [6, 6.07) is -2.65. The third kappa shape index (κ3) is 11.5. The summed E-state index contributed by atoms with van der Waals surface area (Å²) in [7, 11) is 0. The fraction of sp³-hybridized carbons (Fsp3) is 0.824. The molecule has 0 fully saturated rings. The summed E-state index contributed by atoms with van der Waals surface area (Å²) in [4.78, 5) is 36.1. The molecular weight excluding hydrogens is 352 g/mol. The lowest BCUT2D eigenvalue weighted by Gasteiger charge is -2.23. The van der Waals surface area contributed by atoms with Gasteiger partial charge in [-0.1, -0.05) is 6.42 Å². The monoisotopic (exact) mass is 388 g/mol. The summed E-state index contributed by atoms with van der Waals surface area (Å²) < 4.78 is 0. The van der Waals surface area contributed by atoms with Crippen molar-refractivity contribution in [3.63, 3.8) is 0 Å². The number of rotatable bonds is 16. The fourth-order valence-electron chi connectivity index (χ4n) is 2.53. The number of carboxylic acids is 1. The van der Waals surface area contributed by atoms with E-state index < -0.39 is 35.9 Å². The van der Waals surface area contributed by atoms with Gasteiger partial charge < -0.3 is 38.7 Å². The fourth-order valence-corrected chi connectivity index (χ4v) is 2.53. The minimum atomic E-state index is -1.12. The highest BCUT2D eigenvalue weighted by atomic mass is 16.4. The topological polar surface area (TPSA) is 200 Å². The van der Waals surface area contributed by atoms with E-state index in [0.29, 0.717) is 58.2 Å². The number of unbranched alkanes of at least 4 members (excludes halogenated alkanes) is 2. The summed E-state index contributed by atoms with van der Waals surface area (Å²) in [5.74, 6) is -2.12. The van der Waals surface area contributed by atoms with Gasteiger partial charge in [0, 0.05) is 0 Å². The van der Waals surface area contributed by atoms with Gasteiger partial charge in [-0.05, 0) is 64.6 Å². The van der Waals surface area contributed by atoms with Gasteiger partial charge in [0.1, 0.15) is 12.1 Å². The summed E-state index contributed by atoms with van der Waals surface area (Å²) in [5.41, 5.74) is 22.2. The van der Waals surface area contributed by atoms with Crippen molar-refractivity contribution >= 4 is 17.8 Å². The van der Waals surface area contributed by atoms with Crippen LogP contribution < -0.4 is 33.6 Å². The molecule has 158 valence electrons. The largest absolute Gasteiger partial charge is 0.480 e. The normalized spacial score (nSPS) is 14.2. The van der Waals surface area contributed by atoms with Gasteiger partial charge in [-0.3, -0.25) is 9.59 Å². The molecule has 0 unspecified atom stereocenters. The second-order valence-corrected chi connectivity index (χ2v) is 6.57. The van der Waals surface area contributed by atoms with Crippen LogP contribution in [0.25, 0.3) is 0 Å². The summed E-state index contributed by atoms with van der Waals surface area (Å²) in [5, 5.41) is 14.4. The van der Waals surface area contributed by atoms with Gasteiger partial charge in [-0.25, -0.2) is 4.79 Å². The lowest BCUT2D eigenvalue weighted by molar-refractivity contribution is -0.142. The Morgan fingerprint density at radius 1 is 0.704 bits per heavy atom. The Kier molecular flexibility index (Phi) is 14.3. The number of carbonyl (C=O) groups is 3. The molecule has 11 N–H and O–H groups in total. The SMILES string of the molecule is NCCCC[C@H](NC(=O)[C@@H](CCCN)NC(=O)[C@@H](N)CCCCN)C(=O)O. The van der Waals surface area contributed by atoms with Crippen LogP contribution in [-0.4, -0.2) is 60.6 Å². The van der Waals surface area contributed by atoms with E-state index in [1.54, 1.807) is 0 Å². The van der Waals surface area contributed by atoms with Crippen LogP contribution in [0, 0.1) is 0 Å². The maximum Gasteiger partial charge on any atom is 0.326 e. The third-order valence-corrected chi connectivity index (χ3v) is 4.20. The molecule has 0 radical (unpaired) electrons. The van der Waals surface area contributed by atoms with Gasteiger partial charge in [0.25, 0.3) is 0 Å². The molecule has 0 heterocycles. The molecule has 0 aliphatic carbocycles. The number of amides is 2. The number of carboxylic acid groups (broad SMARTS) is 1. The van der Waals surface area contributed by atoms with Crippen molar-refractivity contribution < 1.29 is 19.5 Å². The highest BCUT2D eigenvalue weighted by Crippen LogP contribution is 2.05. The average Bonchev–Trinajstić information content (AvgIpc) is 2.63. The molecule has 0 rings (SSSR count). The van der Waals surface area contributed by atoms with Crippen LogP contribution in [0.1, 0.15) is 51.4 Å². The van der Waals surface area contributed by atoms with E-state index >= 15 is 0 Å². The molecule has 27 heavy (non-hydrogen) atoms. The summed E-state index contributed by atoms with van der Waals surface area (Å²) in [6.07, 6.45) is 4.28. The quantitative estimate of drug-likeness (QED) is 0.153. The molecule has 0 spiro atoms. The van der Waals surface area contributed by atoms with Crippen molar-refractivity contribution in [2.24, 2.45) is 22.9 Å². The van der Waals surface area contributed by atoms with Crippen LogP contribution >= 0.6 is 0 Å². The first-order chi connectivity index (χ1) is 12.9. The molecule has 3 atom stereocenters. The van der Waals surface area contributed by atoms with Crippen molar-refractivity contribution in [2.75, 3.05) is 19.6 Å². The predicted molar refractivity (Wildman–Crippen MR) is 104 cm³/mol. The molecule has 0 aromatic heterocycles. The van der Waals surface area contributed by atoms with Crippen molar-refractivity contribution in [2.45, 2.75) is 69.5 Å². The van der Waals surface area contributed by atoms with Crippen molar-refractivity contribution in [3.05, 3.63) is 0 Å². The van der Waals surface area contributed by atoms with Crippen molar-refractivity contribution in [3.8, 4) is 0 Å². The maximum atomic E-state index is 12.5. The number of nitrogens with two attached hydrogens (primary N) is 4. The molecule has 10 nitrogen and oxygen atoms in total. The Hall–Kier alpha value is -1.75. The molecule has 0 aromatic rings. The molecule has 10 heteroatoms. The van der Waals surface area contributed by atoms with Gasteiger partial charge in [0.05, 0.1) is 6.04 Å². The number of hydrogen-bond donors (Lipinski definition) is 7. The standard InChI is InChI=1S/C17H36N6O4/c18-9-3-1-6-12(21)15(24)22-13(8-5-11-20)16(25)23-14(17(26)27)7-2-4-10-19/h12-14H,1-11,18-21H2,(H,22,24)(H,23,25)(H,26,27)/t12-,13+,14-/m0/s1. The Balaban J connectivity index is 4.80. The predicted octanol–water partition coefficient (Wildman–Crippen LogP) is -1.64. The van der Waals surface area contributed by atoms with Crippen molar-refractivity contribution in [1.82, 2.24) is 10.6 Å². The van der Waals surface area contributed by atoms with E-state index in [2.05, 4.69) is 10.6 Å². The maximum absolute atomic E-state index is 12.5. The Labute approximate surface area is 160 Å². The lowest BCUT2D eigenvalue weighted by atomic mass is 10.1. The van der Waals surface area contributed by atoms with E-state index in [0.717, 1.165) is 6.42 Å². The van der Waals surface area contributed by atoms with Gasteiger partial charge in [0.2, 0.25) is 11.8 Å². The van der Waals surface area contributed by atoms with Gasteiger partial charge in [-0.2, -0.15) is 0 Å². The van der Waals surface area contributed by atoms with Crippen LogP contribution in [0.3, 0.4) is 0 Å². The lowest BCUT2D eigenvalue weighted by Crippen LogP contribution is -2.54. The molecule has 2 amide bonds. The second kappa shape index (κ2) is 15.3. The molecule has 0 aliphatic heterocycles. The van der Waals surface area contributed by atoms with Crippen LogP contribution in [0.15, 0.2) is 0 Å². The minimum absolute atomic E-state index is 0.272. The number of aliphatic carboxylic acids is 1. The van der Waals surface area contributed by atoms with Crippen LogP contribution in [0.2, 0.25) is 0 Å². The molecule has 0 saturated heterocycles. The molecule has 0 saturated carbocycles. The van der Waals surface area contributed by atoms with Gasteiger partial charge in [0.15, 0.2) is 0 Å². The zero-order valence-electron chi connectivity index (χ0n) is 16.0. The summed E-state index contributed by atoms with van der Waals surface area (Å²) in [6.45, 7) is 1.33. The van der Waals surface area contributed by atoms with E-state index in [4.69, 9.17) is 22.9 Å². The summed E-state index contributed by atoms with van der Waals surface area (Å²) >= 11 is 0. The van der Waals surface area contributed by atoms with Crippen LogP contribution in [0.5, 0.6) is 0 Å². The average molecular weight is 389 g/mol. The minimum Gasteiger partial charge on any atom is -0.480 e. The third-order valence-electron chi connectivity index (χ3n) is 4.20. The van der Waals surface area contributed by atoms with E-state index in [9.17, 15) is 19.5 Å². The molecule has 0 aliphatic rings. The Morgan fingerprint density at radius 3 is 1.70 bits per heavy atom. The van der Waals surface area contributed by atoms with E-state index in [-0.39, 0.29) is 6.42 Å². The van der Waals surface area contributed by atoms with E-state index in [1.807, 2.05) is 0 Å².